The minimum Gasteiger partial charge on any atom is -0.398 e. The van der Waals surface area contributed by atoms with Crippen molar-refractivity contribution in [2.24, 2.45) is 4.99 Å². The molecule has 106 valence electrons. The quantitative estimate of drug-likeness (QED) is 0.389. The van der Waals surface area contributed by atoms with Gasteiger partial charge in [-0.05, 0) is 44.5 Å². The molecule has 0 fully saturated rings. The Labute approximate surface area is 123 Å². The van der Waals surface area contributed by atoms with E-state index >= 15 is 0 Å². The van der Waals surface area contributed by atoms with Gasteiger partial charge in [0.25, 0.3) is 0 Å². The average molecular weight is 328 g/mol. The fraction of sp³-hybridized carbons (Fsp3) is 0.500. The second-order valence-electron chi connectivity index (χ2n) is 4.31. The zero-order chi connectivity index (χ0) is 14.1. The van der Waals surface area contributed by atoms with Crippen molar-refractivity contribution in [2.75, 3.05) is 32.5 Å². The van der Waals surface area contributed by atoms with Gasteiger partial charge in [0, 0.05) is 35.1 Å². The Morgan fingerprint density at radius 3 is 2.74 bits per heavy atom. The van der Waals surface area contributed by atoms with Gasteiger partial charge in [-0.15, -0.1) is 0 Å². The van der Waals surface area contributed by atoms with Crippen LogP contribution in [0.3, 0.4) is 0 Å². The van der Waals surface area contributed by atoms with Crippen LogP contribution in [0.5, 0.6) is 0 Å². The van der Waals surface area contributed by atoms with Crippen LogP contribution in [0.1, 0.15) is 24.8 Å². The molecule has 1 rings (SSSR count). The molecule has 5 heteroatoms. The minimum atomic E-state index is 0.238. The Bertz CT molecular complexity index is 401. The molecule has 0 aliphatic heterocycles. The van der Waals surface area contributed by atoms with E-state index in [1.54, 1.807) is 7.05 Å². The van der Waals surface area contributed by atoms with E-state index in [2.05, 4.69) is 26.2 Å². The Morgan fingerprint density at radius 1 is 1.37 bits per heavy atom. The first-order valence-corrected chi connectivity index (χ1v) is 7.31. The predicted octanol–water partition coefficient (Wildman–Crippen LogP) is 2.20. The molecule has 0 amide bonds. The van der Waals surface area contributed by atoms with Crippen molar-refractivity contribution < 1.29 is 5.11 Å². The number of halogens is 1. The Morgan fingerprint density at radius 2 is 2.11 bits per heavy atom. The van der Waals surface area contributed by atoms with Crippen molar-refractivity contribution in [1.29, 1.82) is 0 Å². The van der Waals surface area contributed by atoms with Crippen molar-refractivity contribution in [3.63, 3.8) is 0 Å². The molecule has 1 aromatic rings. The third kappa shape index (κ3) is 5.30. The SMILES string of the molecule is CN=C(CCCNCCCO)c1c(N)cccc1Br. The van der Waals surface area contributed by atoms with Crippen LogP contribution >= 0.6 is 15.9 Å². The number of aliphatic hydroxyl groups is 1. The number of anilines is 1. The summed E-state index contributed by atoms with van der Waals surface area (Å²) in [5.74, 6) is 0. The number of aliphatic imine (C=N–C) groups is 1. The Hall–Kier alpha value is -0.910. The first-order chi connectivity index (χ1) is 9.20. The number of nitrogens with zero attached hydrogens (tertiary/aromatic N) is 1. The highest BCUT2D eigenvalue weighted by atomic mass is 79.9. The van der Waals surface area contributed by atoms with Crippen LogP contribution in [0, 0.1) is 0 Å². The number of nitrogens with two attached hydrogens (primary N) is 1. The lowest BCUT2D eigenvalue weighted by atomic mass is 10.0. The average Bonchev–Trinajstić information content (AvgIpc) is 2.40. The van der Waals surface area contributed by atoms with Gasteiger partial charge in [0.2, 0.25) is 0 Å². The maximum absolute atomic E-state index is 8.68. The van der Waals surface area contributed by atoms with E-state index in [-0.39, 0.29) is 6.61 Å². The smallest absolute Gasteiger partial charge is 0.0449 e. The van der Waals surface area contributed by atoms with Crippen LogP contribution in [-0.2, 0) is 0 Å². The molecule has 4 N–H and O–H groups in total. The van der Waals surface area contributed by atoms with E-state index < -0.39 is 0 Å². The number of nitrogens with one attached hydrogen (secondary N) is 1. The highest BCUT2D eigenvalue weighted by Gasteiger charge is 2.10. The third-order valence-corrected chi connectivity index (χ3v) is 3.54. The molecule has 1 aromatic carbocycles. The van der Waals surface area contributed by atoms with Crippen molar-refractivity contribution in [3.05, 3.63) is 28.2 Å². The minimum absolute atomic E-state index is 0.238. The van der Waals surface area contributed by atoms with E-state index in [1.807, 2.05) is 18.2 Å². The molecular formula is C14H22BrN3O. The van der Waals surface area contributed by atoms with Gasteiger partial charge in [-0.1, -0.05) is 22.0 Å². The van der Waals surface area contributed by atoms with Crippen LogP contribution < -0.4 is 11.1 Å². The zero-order valence-electron chi connectivity index (χ0n) is 11.3. The van der Waals surface area contributed by atoms with Gasteiger partial charge in [-0.3, -0.25) is 4.99 Å². The molecule has 0 atom stereocenters. The summed E-state index contributed by atoms with van der Waals surface area (Å²) >= 11 is 3.53. The number of hydrogen-bond acceptors (Lipinski definition) is 4. The van der Waals surface area contributed by atoms with Gasteiger partial charge < -0.3 is 16.2 Å². The van der Waals surface area contributed by atoms with Crippen molar-refractivity contribution >= 4 is 27.3 Å². The van der Waals surface area contributed by atoms with Crippen molar-refractivity contribution in [1.82, 2.24) is 5.32 Å². The summed E-state index contributed by atoms with van der Waals surface area (Å²) in [4.78, 5) is 4.35. The molecular weight excluding hydrogens is 306 g/mol. The van der Waals surface area contributed by atoms with Crippen molar-refractivity contribution in [3.8, 4) is 0 Å². The van der Waals surface area contributed by atoms with E-state index in [1.165, 1.54) is 0 Å². The fourth-order valence-corrected chi connectivity index (χ4v) is 2.51. The predicted molar refractivity (Wildman–Crippen MR) is 84.8 cm³/mol. The highest BCUT2D eigenvalue weighted by Crippen LogP contribution is 2.24. The molecule has 0 aliphatic rings. The fourth-order valence-electron chi connectivity index (χ4n) is 1.90. The summed E-state index contributed by atoms with van der Waals surface area (Å²) in [6.07, 6.45) is 2.68. The Kier molecular flexibility index (Phi) is 7.70. The van der Waals surface area contributed by atoms with Gasteiger partial charge in [0.1, 0.15) is 0 Å². The van der Waals surface area contributed by atoms with Crippen LogP contribution in [-0.4, -0.2) is 37.6 Å². The number of hydrogen-bond donors (Lipinski definition) is 3. The number of benzene rings is 1. The van der Waals surface area contributed by atoms with Crippen LogP contribution in [0.4, 0.5) is 5.69 Å². The monoisotopic (exact) mass is 327 g/mol. The van der Waals surface area contributed by atoms with Gasteiger partial charge in [0.15, 0.2) is 0 Å². The number of aliphatic hydroxyl groups excluding tert-OH is 1. The maximum Gasteiger partial charge on any atom is 0.0449 e. The molecule has 19 heavy (non-hydrogen) atoms. The number of nitrogen functional groups attached to an aromatic ring is 1. The summed E-state index contributed by atoms with van der Waals surface area (Å²) in [5, 5.41) is 12.0. The largest absolute Gasteiger partial charge is 0.398 e. The molecule has 0 heterocycles. The zero-order valence-corrected chi connectivity index (χ0v) is 12.9. The maximum atomic E-state index is 8.68. The van der Waals surface area contributed by atoms with Crippen LogP contribution in [0.25, 0.3) is 0 Å². The molecule has 0 saturated heterocycles. The normalized spacial score (nSPS) is 11.8. The van der Waals surface area contributed by atoms with E-state index in [0.29, 0.717) is 0 Å². The highest BCUT2D eigenvalue weighted by molar-refractivity contribution is 9.10. The topological polar surface area (TPSA) is 70.6 Å². The molecule has 0 unspecified atom stereocenters. The molecule has 0 bridgehead atoms. The van der Waals surface area contributed by atoms with Crippen LogP contribution in [0.15, 0.2) is 27.7 Å². The molecule has 4 nitrogen and oxygen atoms in total. The lowest BCUT2D eigenvalue weighted by molar-refractivity contribution is 0.286. The van der Waals surface area contributed by atoms with Gasteiger partial charge in [-0.25, -0.2) is 0 Å². The number of rotatable bonds is 8. The molecule has 0 aromatic heterocycles. The van der Waals surface area contributed by atoms with Crippen LogP contribution in [0.2, 0.25) is 0 Å². The van der Waals surface area contributed by atoms with Gasteiger partial charge >= 0.3 is 0 Å². The molecule has 0 radical (unpaired) electrons. The Balaban J connectivity index is 2.51. The third-order valence-electron chi connectivity index (χ3n) is 2.88. The molecule has 0 aliphatic carbocycles. The standard InChI is InChI=1S/C14H22BrN3O/c1-17-13(7-3-8-18-9-4-10-19)14-11(15)5-2-6-12(14)16/h2,5-6,18-19H,3-4,7-10,16H2,1H3. The lowest BCUT2D eigenvalue weighted by Crippen LogP contribution is -2.18. The summed E-state index contributed by atoms with van der Waals surface area (Å²) in [6, 6.07) is 5.80. The van der Waals surface area contributed by atoms with Gasteiger partial charge in [0.05, 0.1) is 0 Å². The lowest BCUT2D eigenvalue weighted by Gasteiger charge is -2.11. The first kappa shape index (κ1) is 16.1. The summed E-state index contributed by atoms with van der Waals surface area (Å²) in [6.45, 7) is 2.01. The van der Waals surface area contributed by atoms with Gasteiger partial charge in [-0.2, -0.15) is 0 Å². The molecule has 0 spiro atoms. The summed E-state index contributed by atoms with van der Waals surface area (Å²) in [7, 11) is 1.80. The van der Waals surface area contributed by atoms with Crippen molar-refractivity contribution in [2.45, 2.75) is 19.3 Å². The van der Waals surface area contributed by atoms with E-state index in [4.69, 9.17) is 10.8 Å². The first-order valence-electron chi connectivity index (χ1n) is 6.52. The second-order valence-corrected chi connectivity index (χ2v) is 5.16. The van der Waals surface area contributed by atoms with E-state index in [9.17, 15) is 0 Å². The van der Waals surface area contributed by atoms with E-state index in [0.717, 1.165) is 53.8 Å². The second kappa shape index (κ2) is 9.07. The summed E-state index contributed by atoms with van der Waals surface area (Å²) < 4.78 is 0.987. The summed E-state index contributed by atoms with van der Waals surface area (Å²) in [5.41, 5.74) is 8.79. The molecule has 0 saturated carbocycles.